The molecule has 1 aromatic rings. The number of nitrogens with zero attached hydrogens (tertiary/aromatic N) is 1. The largest absolute Gasteiger partial charge is 0.309 e. The van der Waals surface area contributed by atoms with Crippen LogP contribution in [-0.2, 0) is 0 Å². The predicted molar refractivity (Wildman–Crippen MR) is 69.6 cm³/mol. The molecule has 0 saturated carbocycles. The van der Waals surface area contributed by atoms with Gasteiger partial charge in [0, 0.05) is 6.20 Å². The number of aryl methyl sites for hydroxylation is 2. The molecule has 0 aromatic carbocycles. The van der Waals surface area contributed by atoms with E-state index in [9.17, 15) is 0 Å². The van der Waals surface area contributed by atoms with Gasteiger partial charge in [-0.25, -0.2) is 0 Å². The van der Waals surface area contributed by atoms with Crippen molar-refractivity contribution in [2.45, 2.75) is 39.7 Å². The van der Waals surface area contributed by atoms with Crippen molar-refractivity contribution in [2.75, 3.05) is 6.54 Å². The van der Waals surface area contributed by atoms with Gasteiger partial charge in [-0.05, 0) is 44.4 Å². The Morgan fingerprint density at radius 1 is 1.50 bits per heavy atom. The molecule has 1 heterocycles. The zero-order valence-corrected chi connectivity index (χ0v) is 10.6. The summed E-state index contributed by atoms with van der Waals surface area (Å²) in [4.78, 5) is 4.55. The molecule has 0 fully saturated rings. The van der Waals surface area contributed by atoms with Crippen LogP contribution < -0.4 is 5.32 Å². The van der Waals surface area contributed by atoms with Gasteiger partial charge >= 0.3 is 0 Å². The lowest BCUT2D eigenvalue weighted by molar-refractivity contribution is 0.505. The van der Waals surface area contributed by atoms with Crippen molar-refractivity contribution >= 4 is 0 Å². The van der Waals surface area contributed by atoms with Crippen LogP contribution in [0.2, 0.25) is 0 Å². The van der Waals surface area contributed by atoms with Crippen LogP contribution in [0.3, 0.4) is 0 Å². The maximum Gasteiger partial charge on any atom is 0.0602 e. The van der Waals surface area contributed by atoms with Crippen LogP contribution in [0.4, 0.5) is 0 Å². The Bertz CT molecular complexity index is 345. The van der Waals surface area contributed by atoms with Crippen molar-refractivity contribution in [3.63, 3.8) is 0 Å². The monoisotopic (exact) mass is 218 g/mol. The van der Waals surface area contributed by atoms with E-state index in [0.29, 0.717) is 6.04 Å². The van der Waals surface area contributed by atoms with Gasteiger partial charge in [0.15, 0.2) is 0 Å². The summed E-state index contributed by atoms with van der Waals surface area (Å²) in [5.74, 6) is 0. The molecule has 1 unspecified atom stereocenters. The SMILES string of the molecule is C=CCCC(NCC)c1ncc(C)cc1C. The molecule has 0 amide bonds. The van der Waals surface area contributed by atoms with E-state index in [1.807, 2.05) is 12.3 Å². The molecule has 0 aliphatic heterocycles. The molecule has 0 saturated heterocycles. The molecule has 88 valence electrons. The summed E-state index contributed by atoms with van der Waals surface area (Å²) in [7, 11) is 0. The first-order valence-electron chi connectivity index (χ1n) is 5.96. The molecule has 16 heavy (non-hydrogen) atoms. The van der Waals surface area contributed by atoms with Gasteiger partial charge in [-0.15, -0.1) is 6.58 Å². The summed E-state index contributed by atoms with van der Waals surface area (Å²) >= 11 is 0. The minimum Gasteiger partial charge on any atom is -0.309 e. The lowest BCUT2D eigenvalue weighted by Crippen LogP contribution is -2.22. The Hall–Kier alpha value is -1.15. The molecular weight excluding hydrogens is 196 g/mol. The Morgan fingerprint density at radius 2 is 2.25 bits per heavy atom. The van der Waals surface area contributed by atoms with Crippen LogP contribution >= 0.6 is 0 Å². The number of pyridine rings is 1. The number of hydrogen-bond acceptors (Lipinski definition) is 2. The van der Waals surface area contributed by atoms with Crippen LogP contribution in [0.25, 0.3) is 0 Å². The first kappa shape index (κ1) is 12.9. The molecule has 1 rings (SSSR count). The highest BCUT2D eigenvalue weighted by Gasteiger charge is 2.13. The summed E-state index contributed by atoms with van der Waals surface area (Å²) in [5.41, 5.74) is 3.67. The van der Waals surface area contributed by atoms with Crippen LogP contribution in [-0.4, -0.2) is 11.5 Å². The Balaban J connectivity index is 2.86. The molecular formula is C14H22N2. The fourth-order valence-electron chi connectivity index (χ4n) is 1.96. The number of aromatic nitrogens is 1. The highest BCUT2D eigenvalue weighted by atomic mass is 14.9. The molecule has 0 aliphatic rings. The first-order valence-corrected chi connectivity index (χ1v) is 5.96. The van der Waals surface area contributed by atoms with Crippen LogP contribution in [0.15, 0.2) is 24.9 Å². The molecule has 0 bridgehead atoms. The summed E-state index contributed by atoms with van der Waals surface area (Å²) in [5, 5.41) is 3.48. The van der Waals surface area contributed by atoms with Gasteiger partial charge in [-0.3, -0.25) is 4.98 Å². The summed E-state index contributed by atoms with van der Waals surface area (Å²) in [6.07, 6.45) is 6.00. The third-order valence-electron chi connectivity index (χ3n) is 2.70. The molecule has 1 N–H and O–H groups in total. The third kappa shape index (κ3) is 3.46. The quantitative estimate of drug-likeness (QED) is 0.741. The van der Waals surface area contributed by atoms with Crippen molar-refractivity contribution in [3.05, 3.63) is 41.7 Å². The van der Waals surface area contributed by atoms with E-state index in [4.69, 9.17) is 0 Å². The molecule has 1 aromatic heterocycles. The molecule has 0 spiro atoms. The molecule has 2 heteroatoms. The zero-order chi connectivity index (χ0) is 12.0. The predicted octanol–water partition coefficient (Wildman–Crippen LogP) is 3.32. The maximum atomic E-state index is 4.55. The summed E-state index contributed by atoms with van der Waals surface area (Å²) < 4.78 is 0. The maximum absolute atomic E-state index is 4.55. The lowest BCUT2D eigenvalue weighted by atomic mass is 10.0. The Labute approximate surface area is 98.8 Å². The summed E-state index contributed by atoms with van der Waals surface area (Å²) in [6, 6.07) is 2.55. The fourth-order valence-corrected chi connectivity index (χ4v) is 1.96. The zero-order valence-electron chi connectivity index (χ0n) is 10.6. The van der Waals surface area contributed by atoms with Gasteiger partial charge in [0.05, 0.1) is 11.7 Å². The number of allylic oxidation sites excluding steroid dienone is 1. The number of nitrogens with one attached hydrogen (secondary N) is 1. The van der Waals surface area contributed by atoms with E-state index in [-0.39, 0.29) is 0 Å². The van der Waals surface area contributed by atoms with Gasteiger partial charge in [-0.1, -0.05) is 19.1 Å². The second kappa shape index (κ2) is 6.44. The molecule has 2 nitrogen and oxygen atoms in total. The standard InChI is InChI=1S/C14H22N2/c1-5-7-8-13(15-6-2)14-12(4)9-11(3)10-16-14/h5,9-10,13,15H,1,6-8H2,2-4H3. The lowest BCUT2D eigenvalue weighted by Gasteiger charge is -2.18. The second-order valence-corrected chi connectivity index (χ2v) is 4.19. The van der Waals surface area contributed by atoms with E-state index < -0.39 is 0 Å². The van der Waals surface area contributed by atoms with Gasteiger partial charge in [0.1, 0.15) is 0 Å². The van der Waals surface area contributed by atoms with Crippen LogP contribution in [0.5, 0.6) is 0 Å². The Kier molecular flexibility index (Phi) is 5.20. The number of hydrogen-bond donors (Lipinski definition) is 1. The first-order chi connectivity index (χ1) is 7.69. The fraction of sp³-hybridized carbons (Fsp3) is 0.500. The molecule has 0 aliphatic carbocycles. The average molecular weight is 218 g/mol. The van der Waals surface area contributed by atoms with E-state index in [1.165, 1.54) is 16.8 Å². The van der Waals surface area contributed by atoms with Crippen molar-refractivity contribution in [1.29, 1.82) is 0 Å². The van der Waals surface area contributed by atoms with Crippen LogP contribution in [0.1, 0.15) is 42.6 Å². The topological polar surface area (TPSA) is 24.9 Å². The minimum absolute atomic E-state index is 0.351. The van der Waals surface area contributed by atoms with Gasteiger partial charge in [0.25, 0.3) is 0 Å². The van der Waals surface area contributed by atoms with E-state index >= 15 is 0 Å². The molecule has 1 atom stereocenters. The summed E-state index contributed by atoms with van der Waals surface area (Å²) in [6.45, 7) is 11.1. The van der Waals surface area contributed by atoms with Gasteiger partial charge in [0.2, 0.25) is 0 Å². The van der Waals surface area contributed by atoms with Gasteiger partial charge < -0.3 is 5.32 Å². The number of rotatable bonds is 6. The van der Waals surface area contributed by atoms with Crippen LogP contribution in [0, 0.1) is 13.8 Å². The van der Waals surface area contributed by atoms with Gasteiger partial charge in [-0.2, -0.15) is 0 Å². The molecule has 0 radical (unpaired) electrons. The van der Waals surface area contributed by atoms with E-state index in [2.05, 4.69) is 43.7 Å². The van der Waals surface area contributed by atoms with Crippen molar-refractivity contribution in [1.82, 2.24) is 10.3 Å². The van der Waals surface area contributed by atoms with Crippen molar-refractivity contribution in [3.8, 4) is 0 Å². The van der Waals surface area contributed by atoms with E-state index in [1.54, 1.807) is 0 Å². The highest BCUT2D eigenvalue weighted by molar-refractivity contribution is 5.25. The third-order valence-corrected chi connectivity index (χ3v) is 2.70. The van der Waals surface area contributed by atoms with E-state index in [0.717, 1.165) is 19.4 Å². The second-order valence-electron chi connectivity index (χ2n) is 4.19. The normalized spacial score (nSPS) is 12.4. The average Bonchev–Trinajstić information content (AvgIpc) is 2.25. The van der Waals surface area contributed by atoms with Crippen molar-refractivity contribution in [2.24, 2.45) is 0 Å². The smallest absolute Gasteiger partial charge is 0.0602 e. The highest BCUT2D eigenvalue weighted by Crippen LogP contribution is 2.20. The minimum atomic E-state index is 0.351. The van der Waals surface area contributed by atoms with Crippen molar-refractivity contribution < 1.29 is 0 Å². The Morgan fingerprint density at radius 3 is 2.81 bits per heavy atom.